The summed E-state index contributed by atoms with van der Waals surface area (Å²) < 4.78 is 61.5. The Morgan fingerprint density at radius 3 is 2.42 bits per heavy atom. The average molecular weight is 543 g/mol. The number of nitrogens with one attached hydrogen (secondary N) is 1. The van der Waals surface area contributed by atoms with Gasteiger partial charge in [0.25, 0.3) is 0 Å². The van der Waals surface area contributed by atoms with Gasteiger partial charge < -0.3 is 19.0 Å². The number of para-hydroxylation sites is 1. The molecule has 3 heterocycles. The van der Waals surface area contributed by atoms with E-state index in [0.29, 0.717) is 17.3 Å². The normalized spacial score (nSPS) is 13.0. The quantitative estimate of drug-likeness (QED) is 0.321. The molecule has 0 aliphatic carbocycles. The fraction of sp³-hybridized carbons (Fsp3) is 0.250. The van der Waals surface area contributed by atoms with Crippen LogP contribution in [0.5, 0.6) is 11.5 Å². The van der Waals surface area contributed by atoms with Crippen molar-refractivity contribution in [3.63, 3.8) is 0 Å². The SMILES string of the molecule is COc1cccc(OC)c1-n1c(NS(=O)(=O)[C@@H](C)[C@H](O)c2ncc(C#N)cc2F)nnc1-c1ccc(C)o1. The Hall–Kier alpha value is -4.48. The van der Waals surface area contributed by atoms with E-state index in [4.69, 9.17) is 19.2 Å². The van der Waals surface area contributed by atoms with Crippen molar-refractivity contribution in [2.75, 3.05) is 18.9 Å². The predicted molar refractivity (Wildman–Crippen MR) is 133 cm³/mol. The highest BCUT2D eigenvalue weighted by Crippen LogP contribution is 2.38. The number of aliphatic hydroxyl groups excluding tert-OH is 1. The van der Waals surface area contributed by atoms with Crippen LogP contribution in [0.3, 0.4) is 0 Å². The van der Waals surface area contributed by atoms with Crippen LogP contribution in [0.2, 0.25) is 0 Å². The molecule has 0 spiro atoms. The number of nitrogens with zero attached hydrogens (tertiary/aromatic N) is 5. The molecule has 1 aromatic carbocycles. The van der Waals surface area contributed by atoms with Crippen molar-refractivity contribution in [2.24, 2.45) is 0 Å². The lowest BCUT2D eigenvalue weighted by molar-refractivity contribution is 0.166. The third-order valence-electron chi connectivity index (χ3n) is 5.70. The van der Waals surface area contributed by atoms with Gasteiger partial charge in [-0.25, -0.2) is 12.8 Å². The molecule has 2 N–H and O–H groups in total. The van der Waals surface area contributed by atoms with E-state index in [0.717, 1.165) is 12.3 Å². The van der Waals surface area contributed by atoms with Crippen LogP contribution in [-0.2, 0) is 10.0 Å². The number of anilines is 1. The molecule has 14 heteroatoms. The summed E-state index contributed by atoms with van der Waals surface area (Å²) in [5.41, 5.74) is -0.328. The molecule has 12 nitrogen and oxygen atoms in total. The maximum absolute atomic E-state index is 14.5. The predicted octanol–water partition coefficient (Wildman–Crippen LogP) is 3.12. The van der Waals surface area contributed by atoms with Gasteiger partial charge in [0.2, 0.25) is 21.8 Å². The Morgan fingerprint density at radius 1 is 1.18 bits per heavy atom. The Balaban J connectivity index is 1.81. The first-order valence-corrected chi connectivity index (χ1v) is 12.6. The fourth-order valence-corrected chi connectivity index (χ4v) is 4.71. The second-order valence-electron chi connectivity index (χ2n) is 8.10. The smallest absolute Gasteiger partial charge is 0.243 e. The van der Waals surface area contributed by atoms with E-state index in [2.05, 4.69) is 19.9 Å². The molecule has 38 heavy (non-hydrogen) atoms. The number of sulfonamides is 1. The Bertz CT molecular complexity index is 1610. The zero-order valence-corrected chi connectivity index (χ0v) is 21.5. The summed E-state index contributed by atoms with van der Waals surface area (Å²) in [5, 5.41) is 26.1. The van der Waals surface area contributed by atoms with E-state index in [9.17, 15) is 17.9 Å². The highest BCUT2D eigenvalue weighted by Gasteiger charge is 2.34. The number of aliphatic hydroxyl groups is 1. The van der Waals surface area contributed by atoms with Crippen LogP contribution < -0.4 is 14.2 Å². The van der Waals surface area contributed by atoms with Gasteiger partial charge in [0.15, 0.2) is 5.76 Å². The molecule has 4 rings (SSSR count). The second kappa shape index (κ2) is 10.5. The Morgan fingerprint density at radius 2 is 1.87 bits per heavy atom. The first kappa shape index (κ1) is 26.6. The molecule has 2 atom stereocenters. The molecule has 0 fully saturated rings. The molecule has 0 aliphatic heterocycles. The summed E-state index contributed by atoms with van der Waals surface area (Å²) in [6.45, 7) is 2.91. The largest absolute Gasteiger partial charge is 0.494 e. The number of aromatic nitrogens is 4. The first-order chi connectivity index (χ1) is 18.1. The van der Waals surface area contributed by atoms with Crippen molar-refractivity contribution < 1.29 is 31.8 Å². The molecule has 0 aliphatic rings. The van der Waals surface area contributed by atoms with Crippen molar-refractivity contribution in [3.8, 4) is 34.8 Å². The lowest BCUT2D eigenvalue weighted by Crippen LogP contribution is -2.32. The van der Waals surface area contributed by atoms with Crippen molar-refractivity contribution >= 4 is 16.0 Å². The molecule has 0 saturated carbocycles. The van der Waals surface area contributed by atoms with Crippen LogP contribution in [0.4, 0.5) is 10.3 Å². The Kier molecular flexibility index (Phi) is 7.33. The lowest BCUT2D eigenvalue weighted by Gasteiger charge is -2.21. The monoisotopic (exact) mass is 542 g/mol. The van der Waals surface area contributed by atoms with E-state index in [-0.39, 0.29) is 28.8 Å². The van der Waals surface area contributed by atoms with Crippen LogP contribution in [0, 0.1) is 24.1 Å². The van der Waals surface area contributed by atoms with Gasteiger partial charge in [0, 0.05) is 6.20 Å². The van der Waals surface area contributed by atoms with Crippen LogP contribution in [-0.4, -0.2) is 52.7 Å². The van der Waals surface area contributed by atoms with Crippen molar-refractivity contribution in [1.82, 2.24) is 19.7 Å². The summed E-state index contributed by atoms with van der Waals surface area (Å²) >= 11 is 0. The van der Waals surface area contributed by atoms with Gasteiger partial charge in [0.05, 0.1) is 19.8 Å². The van der Waals surface area contributed by atoms with Crippen LogP contribution >= 0.6 is 0 Å². The summed E-state index contributed by atoms with van der Waals surface area (Å²) in [5.74, 6) is 0.326. The summed E-state index contributed by atoms with van der Waals surface area (Å²) in [7, 11) is -1.57. The molecular weight excluding hydrogens is 519 g/mol. The number of rotatable bonds is 9. The summed E-state index contributed by atoms with van der Waals surface area (Å²) in [4.78, 5) is 3.73. The van der Waals surface area contributed by atoms with Crippen LogP contribution in [0.25, 0.3) is 17.3 Å². The number of methoxy groups -OCH3 is 2. The number of nitriles is 1. The van der Waals surface area contributed by atoms with Gasteiger partial charge in [0.1, 0.15) is 51.9 Å². The highest BCUT2D eigenvalue weighted by molar-refractivity contribution is 7.93. The minimum Gasteiger partial charge on any atom is -0.494 e. The number of furan rings is 1. The van der Waals surface area contributed by atoms with Crippen molar-refractivity contribution in [2.45, 2.75) is 25.2 Å². The first-order valence-electron chi connectivity index (χ1n) is 11.1. The van der Waals surface area contributed by atoms with E-state index < -0.39 is 32.9 Å². The summed E-state index contributed by atoms with van der Waals surface area (Å²) in [6.07, 6.45) is -0.832. The van der Waals surface area contributed by atoms with Crippen molar-refractivity contribution in [3.05, 3.63) is 65.4 Å². The topological polar surface area (TPSA) is 165 Å². The number of hydrogen-bond donors (Lipinski definition) is 2. The van der Waals surface area contributed by atoms with Gasteiger partial charge in [-0.1, -0.05) is 6.07 Å². The minimum absolute atomic E-state index is 0.0772. The molecule has 0 bridgehead atoms. The molecule has 3 aromatic heterocycles. The molecule has 0 saturated heterocycles. The number of hydrogen-bond acceptors (Lipinski definition) is 10. The zero-order valence-electron chi connectivity index (χ0n) is 20.7. The van der Waals surface area contributed by atoms with Gasteiger partial charge in [-0.05, 0) is 44.2 Å². The lowest BCUT2D eigenvalue weighted by atomic mass is 10.1. The maximum atomic E-state index is 14.5. The van der Waals surface area contributed by atoms with Crippen LogP contribution in [0.15, 0.2) is 47.0 Å². The number of pyridine rings is 1. The molecule has 4 aromatic rings. The third-order valence-corrected chi connectivity index (χ3v) is 7.40. The standard InChI is InChI=1S/C24H23FN6O6S/c1-13-8-9-19(37-13)23-28-29-24(31(23)21-17(35-3)6-5-7-18(21)36-4)30-38(33,34)14(2)22(32)20-16(25)10-15(11-26)12-27-20/h5-10,12,14,22,32H,1-4H3,(H,29,30)/t14-,22-/m0/s1. The molecule has 198 valence electrons. The van der Waals surface area contributed by atoms with E-state index in [1.807, 2.05) is 0 Å². The van der Waals surface area contributed by atoms with E-state index in [1.54, 1.807) is 43.3 Å². The molecular formula is C24H23FN6O6S. The zero-order chi connectivity index (χ0) is 27.6. The molecule has 0 radical (unpaired) electrons. The van der Waals surface area contributed by atoms with Crippen molar-refractivity contribution in [1.29, 1.82) is 5.26 Å². The maximum Gasteiger partial charge on any atom is 0.243 e. The number of benzene rings is 1. The van der Waals surface area contributed by atoms with Crippen LogP contribution in [0.1, 0.15) is 30.0 Å². The summed E-state index contributed by atoms with van der Waals surface area (Å²) in [6, 6.07) is 10.9. The van der Waals surface area contributed by atoms with Gasteiger partial charge in [-0.15, -0.1) is 10.2 Å². The van der Waals surface area contributed by atoms with E-state index >= 15 is 0 Å². The van der Waals surface area contributed by atoms with E-state index in [1.165, 1.54) is 25.7 Å². The average Bonchev–Trinajstić information content (AvgIpc) is 3.52. The third kappa shape index (κ3) is 4.89. The fourth-order valence-electron chi connectivity index (χ4n) is 3.67. The van der Waals surface area contributed by atoms with Gasteiger partial charge >= 0.3 is 0 Å². The number of aryl methyl sites for hydroxylation is 1. The Labute approximate surface area is 217 Å². The second-order valence-corrected chi connectivity index (χ2v) is 10.1. The highest BCUT2D eigenvalue weighted by atomic mass is 32.2. The minimum atomic E-state index is -4.43. The van der Waals surface area contributed by atoms with Gasteiger partial charge in [-0.2, -0.15) is 5.26 Å². The molecule has 0 amide bonds. The number of ether oxygens (including phenoxy) is 2. The molecule has 0 unspecified atom stereocenters. The van der Waals surface area contributed by atoms with Gasteiger partial charge in [-0.3, -0.25) is 14.3 Å². The number of halogens is 1.